The van der Waals surface area contributed by atoms with E-state index in [-0.39, 0.29) is 0 Å². The number of aromatic nitrogens is 4. The van der Waals surface area contributed by atoms with Crippen molar-refractivity contribution in [3.63, 3.8) is 0 Å². The van der Waals surface area contributed by atoms with Crippen LogP contribution in [-0.4, -0.2) is 9.13 Å². The average molecular weight is 642 g/mol. The summed E-state index contributed by atoms with van der Waals surface area (Å²) < 4.78 is 127. The van der Waals surface area contributed by atoms with Crippen LogP contribution in [0.3, 0.4) is 0 Å². The summed E-state index contributed by atoms with van der Waals surface area (Å²) in [7, 11) is -17.2. The van der Waals surface area contributed by atoms with Gasteiger partial charge in [0.05, 0.1) is 14.1 Å². The Morgan fingerprint density at radius 2 is 0.850 bits per heavy atom. The molecule has 0 fully saturated rings. The van der Waals surface area contributed by atoms with Crippen molar-refractivity contribution in [1.29, 1.82) is 0 Å². The van der Waals surface area contributed by atoms with Crippen LogP contribution in [0, 0.1) is 0 Å². The zero-order valence-electron chi connectivity index (χ0n) is 22.3. The van der Waals surface area contributed by atoms with Crippen LogP contribution in [0.2, 0.25) is 0 Å². The molecule has 234 valence electrons. The van der Waals surface area contributed by atoms with Gasteiger partial charge in [-0.1, -0.05) is 26.8 Å². The minimum atomic E-state index is -10.7. The van der Waals surface area contributed by atoms with Crippen LogP contribution in [0.25, 0.3) is 0 Å². The number of hydrogen-bond acceptors (Lipinski definition) is 0. The number of aryl methyl sites for hydroxylation is 4. The van der Waals surface area contributed by atoms with Gasteiger partial charge in [-0.05, 0) is 36.0 Å². The maximum absolute atomic E-state index is 10.7. The van der Waals surface area contributed by atoms with Crippen molar-refractivity contribution < 1.29 is 59.5 Å². The molecule has 4 nitrogen and oxygen atoms in total. The molecular weight excluding hydrogens is 610 g/mol. The molecule has 0 bridgehead atoms. The second-order valence-electron chi connectivity index (χ2n) is 9.11. The molecule has 2 aromatic heterocycles. The van der Waals surface area contributed by atoms with E-state index in [1.807, 2.05) is 0 Å². The van der Waals surface area contributed by atoms with Gasteiger partial charge in [0.2, 0.25) is 12.7 Å². The molecule has 3 rings (SSSR count). The van der Waals surface area contributed by atoms with Crippen molar-refractivity contribution in [2.24, 2.45) is 14.1 Å². The van der Waals surface area contributed by atoms with E-state index < -0.39 is 15.6 Å². The molecule has 0 aliphatic rings. The Hall–Kier alpha value is -2.34. The normalized spacial score (nSPS) is 15.4. The van der Waals surface area contributed by atoms with Gasteiger partial charge in [0.1, 0.15) is 37.9 Å². The molecule has 0 radical (unpaired) electrons. The van der Waals surface area contributed by atoms with Crippen LogP contribution in [0.5, 0.6) is 0 Å². The number of halogens is 12. The van der Waals surface area contributed by atoms with E-state index in [9.17, 15) is 50.4 Å². The molecule has 0 aliphatic carbocycles. The predicted molar refractivity (Wildman–Crippen MR) is 131 cm³/mol. The van der Waals surface area contributed by atoms with Crippen LogP contribution in [0.4, 0.5) is 50.4 Å². The summed E-state index contributed by atoms with van der Waals surface area (Å²) in [5.41, 5.74) is 7.55. The second-order valence-corrected chi connectivity index (χ2v) is 12.9. The van der Waals surface area contributed by atoms with E-state index in [1.165, 1.54) is 27.8 Å². The Kier molecular flexibility index (Phi) is 9.36. The van der Waals surface area contributed by atoms with Gasteiger partial charge in [-0.25, -0.2) is 18.3 Å². The predicted octanol–water partition coefficient (Wildman–Crippen LogP) is 9.49. The molecule has 0 unspecified atom stereocenters. The molecule has 40 heavy (non-hydrogen) atoms. The fourth-order valence-corrected chi connectivity index (χ4v) is 3.96. The van der Waals surface area contributed by atoms with Crippen molar-refractivity contribution in [1.82, 2.24) is 9.13 Å². The topological polar surface area (TPSA) is 17.6 Å². The maximum atomic E-state index is 9.87. The zero-order valence-corrected chi connectivity index (χ0v) is 24.1. The Labute approximate surface area is 223 Å². The van der Waals surface area contributed by atoms with Crippen molar-refractivity contribution in [2.75, 3.05) is 0 Å². The molecule has 0 atom stereocenters. The number of imidazole rings is 2. The van der Waals surface area contributed by atoms with E-state index in [2.05, 4.69) is 96.6 Å². The summed E-state index contributed by atoms with van der Waals surface area (Å²) in [6.45, 7) is 8.75. The van der Waals surface area contributed by atoms with Crippen LogP contribution in [0.1, 0.15) is 48.6 Å². The van der Waals surface area contributed by atoms with Gasteiger partial charge >= 0.3 is 66.0 Å². The summed E-state index contributed by atoms with van der Waals surface area (Å²) in [4.78, 5) is 0. The SMILES string of the molecule is CCc1cc(CC)c(Cn2cc[n+](C)c2)c(CC)c1Cn1cc[n+](C)c1.F[P-](F)(F)(F)(F)F.F[P-](F)(F)(F)(F)F. The van der Waals surface area contributed by atoms with Gasteiger partial charge in [0, 0.05) is 11.1 Å². The molecule has 3 aromatic rings. The third kappa shape index (κ3) is 17.4. The van der Waals surface area contributed by atoms with Crippen LogP contribution < -0.4 is 9.13 Å². The summed E-state index contributed by atoms with van der Waals surface area (Å²) in [6.07, 6.45) is 16.1. The van der Waals surface area contributed by atoms with Gasteiger partial charge < -0.3 is 0 Å². The minimum absolute atomic E-state index is 0.948. The van der Waals surface area contributed by atoms with Crippen molar-refractivity contribution >= 4 is 15.6 Å². The summed E-state index contributed by atoms with van der Waals surface area (Å²) in [5.74, 6) is 0. The molecule has 0 saturated carbocycles. The standard InChI is InChI=1S/C22H32N4.2F6P/c1-6-18-13-19(7-2)22(15-26-12-10-24(5)17-26)20(8-3)21(18)14-25-11-9-23(4)16-25;2*1-7(2,3,4,5)6/h9-13,16-17H,6-8,14-15H2,1-5H3;;/q+2;2*-1. The molecule has 0 amide bonds. The molecule has 0 spiro atoms. The molecule has 1 aromatic carbocycles. The van der Waals surface area contributed by atoms with Crippen LogP contribution in [-0.2, 0) is 46.4 Å². The van der Waals surface area contributed by atoms with Gasteiger partial charge in [-0.15, -0.1) is 0 Å². The second kappa shape index (κ2) is 10.5. The van der Waals surface area contributed by atoms with Crippen LogP contribution in [0.15, 0.2) is 43.5 Å². The van der Waals surface area contributed by atoms with Gasteiger partial charge in [0.25, 0.3) is 0 Å². The average Bonchev–Trinajstić information content (AvgIpc) is 3.31. The fourth-order valence-electron chi connectivity index (χ4n) is 3.96. The summed E-state index contributed by atoms with van der Waals surface area (Å²) in [6, 6.07) is 2.46. The Morgan fingerprint density at radius 1 is 0.550 bits per heavy atom. The molecule has 2 heterocycles. The van der Waals surface area contributed by atoms with E-state index in [1.54, 1.807) is 0 Å². The van der Waals surface area contributed by atoms with E-state index >= 15 is 0 Å². The Morgan fingerprint density at radius 3 is 1.05 bits per heavy atom. The van der Waals surface area contributed by atoms with E-state index in [0.29, 0.717) is 0 Å². The summed E-state index contributed by atoms with van der Waals surface area (Å²) >= 11 is 0. The first-order valence-corrected chi connectivity index (χ1v) is 15.8. The zero-order chi connectivity index (χ0) is 31.5. The number of benzene rings is 1. The fraction of sp³-hybridized carbons (Fsp3) is 0.455. The Bertz CT molecular complexity index is 1190. The van der Waals surface area contributed by atoms with E-state index in [4.69, 9.17) is 0 Å². The first-order valence-electron chi connectivity index (χ1n) is 11.8. The molecule has 0 aliphatic heterocycles. The molecule has 18 heteroatoms. The van der Waals surface area contributed by atoms with Gasteiger partial charge in [-0.3, -0.25) is 0 Å². The molecule has 0 N–H and O–H groups in total. The molecule has 0 saturated heterocycles. The van der Waals surface area contributed by atoms with Crippen LogP contribution >= 0.6 is 15.6 Å². The first kappa shape index (κ1) is 35.7. The van der Waals surface area contributed by atoms with Crippen molar-refractivity contribution in [3.05, 3.63) is 71.3 Å². The monoisotopic (exact) mass is 642 g/mol. The quantitative estimate of drug-likeness (QED) is 0.139. The number of hydrogen-bond donors (Lipinski definition) is 0. The van der Waals surface area contributed by atoms with E-state index in [0.717, 1.165) is 32.4 Å². The molecular formula is C22H32F12N4P2. The Balaban J connectivity index is 0.000000473. The van der Waals surface area contributed by atoms with Gasteiger partial charge in [0.15, 0.2) is 0 Å². The third-order valence-electron chi connectivity index (χ3n) is 5.30. The van der Waals surface area contributed by atoms with Crippen molar-refractivity contribution in [3.8, 4) is 0 Å². The first-order chi connectivity index (χ1) is 17.4. The number of nitrogens with zero attached hydrogens (tertiary/aromatic N) is 4. The van der Waals surface area contributed by atoms with Gasteiger partial charge in [-0.2, -0.15) is 0 Å². The third-order valence-corrected chi connectivity index (χ3v) is 5.30. The summed E-state index contributed by atoms with van der Waals surface area (Å²) in [5, 5.41) is 0. The number of rotatable bonds is 7. The van der Waals surface area contributed by atoms with Crippen molar-refractivity contribution in [2.45, 2.75) is 53.1 Å².